The fraction of sp³-hybridized carbons (Fsp3) is 0.300. The molecule has 36 heavy (non-hydrogen) atoms. The first-order chi connectivity index (χ1) is 17.6. The van der Waals surface area contributed by atoms with Crippen molar-refractivity contribution in [3.63, 3.8) is 0 Å². The maximum absolute atomic E-state index is 4.59. The summed E-state index contributed by atoms with van der Waals surface area (Å²) in [6.45, 7) is 11.2. The predicted molar refractivity (Wildman–Crippen MR) is 145 cm³/mol. The van der Waals surface area contributed by atoms with Crippen molar-refractivity contribution >= 4 is 6.08 Å². The summed E-state index contributed by atoms with van der Waals surface area (Å²) in [5, 5.41) is 13.2. The van der Waals surface area contributed by atoms with Crippen LogP contribution in [0.25, 0.3) is 11.8 Å². The number of aromatic nitrogens is 4. The van der Waals surface area contributed by atoms with E-state index < -0.39 is 0 Å². The van der Waals surface area contributed by atoms with Gasteiger partial charge in [0, 0.05) is 32.7 Å². The Labute approximate surface area is 213 Å². The second-order valence-corrected chi connectivity index (χ2v) is 9.65. The van der Waals surface area contributed by atoms with Gasteiger partial charge in [-0.25, -0.2) is 0 Å². The number of piperazine rings is 1. The van der Waals surface area contributed by atoms with Crippen LogP contribution >= 0.6 is 0 Å². The minimum atomic E-state index is -0.0124. The molecule has 5 rings (SSSR count). The third-order valence-electron chi connectivity index (χ3n) is 7.03. The molecule has 1 saturated heterocycles. The fourth-order valence-electron chi connectivity index (χ4n) is 5.04. The van der Waals surface area contributed by atoms with Crippen LogP contribution in [0.5, 0.6) is 0 Å². The number of benzene rings is 3. The maximum atomic E-state index is 4.59. The van der Waals surface area contributed by atoms with Gasteiger partial charge in [0.1, 0.15) is 0 Å². The van der Waals surface area contributed by atoms with Crippen LogP contribution in [0.2, 0.25) is 0 Å². The van der Waals surface area contributed by atoms with Crippen molar-refractivity contribution < 1.29 is 0 Å². The molecule has 6 nitrogen and oxygen atoms in total. The summed E-state index contributed by atoms with van der Waals surface area (Å²) in [4.78, 5) is 5.04. The molecular weight excluding hydrogens is 444 g/mol. The normalized spacial score (nSPS) is 16.0. The van der Waals surface area contributed by atoms with Gasteiger partial charge in [0.15, 0.2) is 5.82 Å². The van der Waals surface area contributed by atoms with Crippen molar-refractivity contribution in [2.75, 3.05) is 32.7 Å². The van der Waals surface area contributed by atoms with E-state index in [0.717, 1.165) is 44.2 Å². The van der Waals surface area contributed by atoms with Crippen molar-refractivity contribution in [1.82, 2.24) is 30.0 Å². The van der Waals surface area contributed by atoms with Crippen LogP contribution in [0.15, 0.2) is 78.9 Å². The summed E-state index contributed by atoms with van der Waals surface area (Å²) in [7, 11) is 0. The Morgan fingerprint density at radius 1 is 0.806 bits per heavy atom. The number of para-hydroxylation sites is 1. The molecule has 1 atom stereocenters. The highest BCUT2D eigenvalue weighted by atomic mass is 15.6. The Morgan fingerprint density at radius 2 is 1.50 bits per heavy atom. The molecule has 1 unspecified atom stereocenters. The van der Waals surface area contributed by atoms with Crippen LogP contribution in [-0.4, -0.2) is 62.7 Å². The summed E-state index contributed by atoms with van der Waals surface area (Å²) >= 11 is 0. The SMILES string of the molecule is Cc1ccc(C(c2nnnn2-c2c(C)cccc2C)N2CCN(C/C=C/c3ccccc3)CC2)cc1. The molecule has 3 aromatic carbocycles. The van der Waals surface area contributed by atoms with E-state index in [9.17, 15) is 0 Å². The maximum Gasteiger partial charge on any atom is 0.178 e. The van der Waals surface area contributed by atoms with E-state index in [2.05, 4.69) is 131 Å². The number of rotatable bonds is 7. The lowest BCUT2D eigenvalue weighted by molar-refractivity contribution is 0.113. The van der Waals surface area contributed by atoms with E-state index in [0.29, 0.717) is 0 Å². The highest BCUT2D eigenvalue weighted by Crippen LogP contribution is 2.31. The highest BCUT2D eigenvalue weighted by molar-refractivity contribution is 5.49. The van der Waals surface area contributed by atoms with E-state index in [1.807, 2.05) is 4.68 Å². The Hall–Kier alpha value is -3.61. The van der Waals surface area contributed by atoms with Crippen molar-refractivity contribution in [2.45, 2.75) is 26.8 Å². The Morgan fingerprint density at radius 3 is 2.19 bits per heavy atom. The summed E-state index contributed by atoms with van der Waals surface area (Å²) in [6.07, 6.45) is 4.48. The van der Waals surface area contributed by atoms with Crippen molar-refractivity contribution in [2.24, 2.45) is 0 Å². The molecule has 0 aliphatic carbocycles. The fourth-order valence-corrected chi connectivity index (χ4v) is 5.04. The second kappa shape index (κ2) is 11.0. The lowest BCUT2D eigenvalue weighted by Gasteiger charge is -2.38. The molecule has 0 spiro atoms. The van der Waals surface area contributed by atoms with E-state index in [-0.39, 0.29) is 6.04 Å². The number of hydrogen-bond acceptors (Lipinski definition) is 5. The van der Waals surface area contributed by atoms with Crippen molar-refractivity contribution in [3.8, 4) is 5.69 Å². The number of hydrogen-bond donors (Lipinski definition) is 0. The molecule has 1 aliphatic heterocycles. The van der Waals surface area contributed by atoms with E-state index >= 15 is 0 Å². The third-order valence-corrected chi connectivity index (χ3v) is 7.03. The summed E-state index contributed by atoms with van der Waals surface area (Å²) in [5.74, 6) is 0.869. The molecule has 0 saturated carbocycles. The van der Waals surface area contributed by atoms with Gasteiger partial charge < -0.3 is 0 Å². The molecule has 6 heteroatoms. The second-order valence-electron chi connectivity index (χ2n) is 9.65. The molecule has 0 amide bonds. The van der Waals surface area contributed by atoms with Crippen molar-refractivity contribution in [3.05, 3.63) is 113 Å². The lowest BCUT2D eigenvalue weighted by Crippen LogP contribution is -2.48. The highest BCUT2D eigenvalue weighted by Gasteiger charge is 2.31. The monoisotopic (exact) mass is 478 g/mol. The van der Waals surface area contributed by atoms with Gasteiger partial charge >= 0.3 is 0 Å². The van der Waals surface area contributed by atoms with Gasteiger partial charge in [-0.05, 0) is 53.5 Å². The molecular formula is C30H34N6. The topological polar surface area (TPSA) is 50.1 Å². The van der Waals surface area contributed by atoms with Crippen LogP contribution in [0, 0.1) is 20.8 Å². The van der Waals surface area contributed by atoms with Gasteiger partial charge in [0.05, 0.1) is 11.7 Å². The Kier molecular flexibility index (Phi) is 7.35. The molecule has 184 valence electrons. The van der Waals surface area contributed by atoms with E-state index in [1.165, 1.54) is 27.8 Å². The minimum Gasteiger partial charge on any atom is -0.297 e. The van der Waals surface area contributed by atoms with Crippen LogP contribution < -0.4 is 0 Å². The minimum absolute atomic E-state index is 0.0124. The largest absolute Gasteiger partial charge is 0.297 e. The molecule has 0 bridgehead atoms. The molecule has 1 aromatic heterocycles. The Balaban J connectivity index is 1.39. The van der Waals surface area contributed by atoms with E-state index in [4.69, 9.17) is 0 Å². The number of nitrogens with zero attached hydrogens (tertiary/aromatic N) is 6. The Bertz CT molecular complexity index is 1280. The first kappa shape index (κ1) is 24.1. The van der Waals surface area contributed by atoms with Crippen LogP contribution in [-0.2, 0) is 0 Å². The van der Waals surface area contributed by atoms with Crippen molar-refractivity contribution in [1.29, 1.82) is 0 Å². The number of aryl methyl sites for hydroxylation is 3. The smallest absolute Gasteiger partial charge is 0.178 e. The molecule has 2 heterocycles. The predicted octanol–water partition coefficient (Wildman–Crippen LogP) is 5.01. The molecule has 1 aliphatic rings. The molecule has 1 fully saturated rings. The van der Waals surface area contributed by atoms with E-state index in [1.54, 1.807) is 0 Å². The summed E-state index contributed by atoms with van der Waals surface area (Å²) < 4.78 is 1.95. The first-order valence-electron chi connectivity index (χ1n) is 12.7. The molecule has 0 N–H and O–H groups in total. The van der Waals surface area contributed by atoms with Gasteiger partial charge in [0.2, 0.25) is 0 Å². The van der Waals surface area contributed by atoms with Gasteiger partial charge in [-0.3, -0.25) is 9.80 Å². The first-order valence-corrected chi connectivity index (χ1v) is 12.7. The average molecular weight is 479 g/mol. The molecule has 4 aromatic rings. The average Bonchev–Trinajstić information content (AvgIpc) is 3.36. The van der Waals surface area contributed by atoms with Crippen LogP contribution in [0.1, 0.15) is 39.7 Å². The summed E-state index contributed by atoms with van der Waals surface area (Å²) in [6, 6.07) is 25.6. The molecule has 0 radical (unpaired) electrons. The van der Waals surface area contributed by atoms with Gasteiger partial charge in [-0.1, -0.05) is 90.5 Å². The van der Waals surface area contributed by atoms with Crippen LogP contribution in [0.4, 0.5) is 0 Å². The quantitative estimate of drug-likeness (QED) is 0.374. The van der Waals surface area contributed by atoms with Gasteiger partial charge in [-0.2, -0.15) is 4.68 Å². The third kappa shape index (κ3) is 5.30. The zero-order chi connectivity index (χ0) is 24.9. The standard InChI is InChI=1S/C30H34N6/c1-23-14-16-27(17-15-23)29(30-31-32-33-36(30)28-24(2)9-7-10-25(28)3)35-21-19-34(20-22-35)18-8-13-26-11-5-4-6-12-26/h4-17,29H,18-22H2,1-3H3/b13-8+. The number of tetrazole rings is 1. The lowest BCUT2D eigenvalue weighted by atomic mass is 10.0. The zero-order valence-electron chi connectivity index (χ0n) is 21.4. The van der Waals surface area contributed by atoms with Gasteiger partial charge in [0.25, 0.3) is 0 Å². The van der Waals surface area contributed by atoms with Crippen LogP contribution in [0.3, 0.4) is 0 Å². The van der Waals surface area contributed by atoms with Gasteiger partial charge in [-0.15, -0.1) is 5.10 Å². The summed E-state index contributed by atoms with van der Waals surface area (Å²) in [5.41, 5.74) is 7.12. The zero-order valence-corrected chi connectivity index (χ0v) is 21.4.